The highest BCUT2D eigenvalue weighted by molar-refractivity contribution is 6.07. The number of amides is 3. The van der Waals surface area contributed by atoms with Gasteiger partial charge in [0, 0.05) is 23.9 Å². The lowest BCUT2D eigenvalue weighted by molar-refractivity contribution is -0.154. The molecule has 7 heteroatoms. The number of nitrogens with zero attached hydrogens (tertiary/aromatic N) is 1. The zero-order valence-corrected chi connectivity index (χ0v) is 20.5. The summed E-state index contributed by atoms with van der Waals surface area (Å²) < 4.78 is 0. The molecule has 2 bridgehead atoms. The van der Waals surface area contributed by atoms with E-state index in [1.54, 1.807) is 0 Å². The van der Waals surface area contributed by atoms with Crippen molar-refractivity contribution in [2.45, 2.75) is 46.2 Å². The van der Waals surface area contributed by atoms with Crippen molar-refractivity contribution < 1.29 is 24.3 Å². The van der Waals surface area contributed by atoms with E-state index in [9.17, 15) is 24.3 Å². The molecular weight excluding hydrogens is 444 g/mol. The Morgan fingerprint density at radius 2 is 1.66 bits per heavy atom. The van der Waals surface area contributed by atoms with Gasteiger partial charge in [-0.2, -0.15) is 0 Å². The molecule has 6 rings (SSSR count). The summed E-state index contributed by atoms with van der Waals surface area (Å²) in [4.78, 5) is 54.5. The van der Waals surface area contributed by atoms with Gasteiger partial charge in [-0.3, -0.25) is 24.1 Å². The summed E-state index contributed by atoms with van der Waals surface area (Å²) in [6.45, 7) is 7.37. The molecule has 1 heterocycles. The number of aliphatic carboxylic acids is 1. The second-order valence-corrected chi connectivity index (χ2v) is 10.8. The third-order valence-corrected chi connectivity index (χ3v) is 8.19. The number of carbonyl (C=O) groups is 4. The Morgan fingerprint density at radius 3 is 2.26 bits per heavy atom. The molecule has 2 N–H and O–H groups in total. The predicted molar refractivity (Wildman–Crippen MR) is 129 cm³/mol. The number of carboxylic acids is 1. The number of hydrogen-bond donors (Lipinski definition) is 2. The molecule has 0 radical (unpaired) electrons. The number of carboxylic acid groups (broad SMARTS) is 1. The van der Waals surface area contributed by atoms with Crippen LogP contribution in [0.15, 0.2) is 48.1 Å². The SMILES string of the molecule is CC(C)NC(=O)C1C2C=CC(C3=C(c4ccccc4)CC4C(=O)N(C(C)C)C(=O)C4C32)C1C(=O)O. The molecular formula is C28H32N2O5. The van der Waals surface area contributed by atoms with Crippen LogP contribution in [-0.2, 0) is 19.2 Å². The summed E-state index contributed by atoms with van der Waals surface area (Å²) in [7, 11) is 0. The van der Waals surface area contributed by atoms with E-state index >= 15 is 0 Å². The lowest BCUT2D eigenvalue weighted by Crippen LogP contribution is -2.57. The summed E-state index contributed by atoms with van der Waals surface area (Å²) in [6.07, 6.45) is 4.25. The van der Waals surface area contributed by atoms with Gasteiger partial charge in [0.15, 0.2) is 0 Å². The van der Waals surface area contributed by atoms with Gasteiger partial charge in [-0.05, 0) is 51.2 Å². The molecule has 1 aromatic rings. The van der Waals surface area contributed by atoms with Crippen LogP contribution < -0.4 is 5.32 Å². The molecule has 35 heavy (non-hydrogen) atoms. The number of benzene rings is 1. The van der Waals surface area contributed by atoms with Crippen LogP contribution in [0.25, 0.3) is 5.57 Å². The normalized spacial score (nSPS) is 33.4. The molecule has 0 spiro atoms. The lowest BCUT2D eigenvalue weighted by Gasteiger charge is -2.53. The molecule has 7 unspecified atom stereocenters. The Balaban J connectivity index is 1.71. The molecule has 3 amide bonds. The van der Waals surface area contributed by atoms with Gasteiger partial charge in [-0.15, -0.1) is 0 Å². The topological polar surface area (TPSA) is 104 Å². The monoisotopic (exact) mass is 476 g/mol. The van der Waals surface area contributed by atoms with Crippen molar-refractivity contribution in [3.05, 3.63) is 53.6 Å². The van der Waals surface area contributed by atoms with Crippen molar-refractivity contribution in [3.63, 3.8) is 0 Å². The van der Waals surface area contributed by atoms with Gasteiger partial charge in [0.25, 0.3) is 0 Å². The zero-order valence-electron chi connectivity index (χ0n) is 20.5. The van der Waals surface area contributed by atoms with Crippen LogP contribution in [0, 0.1) is 41.4 Å². The van der Waals surface area contributed by atoms with Crippen molar-refractivity contribution in [2.75, 3.05) is 0 Å². The van der Waals surface area contributed by atoms with Gasteiger partial charge < -0.3 is 10.4 Å². The van der Waals surface area contributed by atoms with Gasteiger partial charge in [0.05, 0.1) is 23.7 Å². The summed E-state index contributed by atoms with van der Waals surface area (Å²) in [5.41, 5.74) is 2.83. The Morgan fingerprint density at radius 1 is 0.971 bits per heavy atom. The maximum Gasteiger partial charge on any atom is 0.308 e. The standard InChI is InChI=1S/C28H32N2O5/c1-13(2)29-25(31)22-17-11-10-16(24(22)28(34)35)20-18(15-8-6-5-7-9-15)12-19-23(21(17)20)27(33)30(14(3)4)26(19)32/h5-11,13-14,16-17,19,21-24H,12H2,1-4H3,(H,29,31)(H,34,35). The van der Waals surface area contributed by atoms with Gasteiger partial charge >= 0.3 is 5.97 Å². The molecule has 4 aliphatic carbocycles. The first-order chi connectivity index (χ1) is 16.6. The number of imide groups is 1. The van der Waals surface area contributed by atoms with Crippen LogP contribution in [-0.4, -0.2) is 45.8 Å². The summed E-state index contributed by atoms with van der Waals surface area (Å²) in [6, 6.07) is 9.33. The first kappa shape index (κ1) is 23.5. The van der Waals surface area contributed by atoms with Crippen LogP contribution >= 0.6 is 0 Å². The minimum Gasteiger partial charge on any atom is -0.481 e. The molecule has 1 saturated carbocycles. The van der Waals surface area contributed by atoms with Gasteiger partial charge in [0.2, 0.25) is 17.7 Å². The fraction of sp³-hybridized carbons (Fsp3) is 0.500. The Kier molecular flexibility index (Phi) is 5.69. The number of hydrogen-bond acceptors (Lipinski definition) is 4. The second kappa shape index (κ2) is 8.47. The zero-order chi connectivity index (χ0) is 25.2. The number of nitrogens with one attached hydrogen (secondary N) is 1. The van der Waals surface area contributed by atoms with Crippen molar-refractivity contribution in [1.82, 2.24) is 10.2 Å². The van der Waals surface area contributed by atoms with Gasteiger partial charge in [-0.1, -0.05) is 48.1 Å². The van der Waals surface area contributed by atoms with Gasteiger partial charge in [-0.25, -0.2) is 0 Å². The minimum atomic E-state index is -1.01. The van der Waals surface area contributed by atoms with Crippen molar-refractivity contribution >= 4 is 29.3 Å². The average Bonchev–Trinajstić information content (AvgIpc) is 3.08. The largest absolute Gasteiger partial charge is 0.481 e. The van der Waals surface area contributed by atoms with Crippen LogP contribution in [0.3, 0.4) is 0 Å². The highest BCUT2D eigenvalue weighted by Gasteiger charge is 2.64. The number of likely N-dealkylation sites (tertiary alicyclic amines) is 1. The Labute approximate surface area is 205 Å². The van der Waals surface area contributed by atoms with Crippen LogP contribution in [0.4, 0.5) is 0 Å². The molecule has 2 fully saturated rings. The lowest BCUT2D eigenvalue weighted by atomic mass is 9.48. The van der Waals surface area contributed by atoms with Crippen LogP contribution in [0.2, 0.25) is 0 Å². The highest BCUT2D eigenvalue weighted by Crippen LogP contribution is 2.61. The fourth-order valence-electron chi connectivity index (χ4n) is 7.04. The van der Waals surface area contributed by atoms with E-state index in [4.69, 9.17) is 0 Å². The number of allylic oxidation sites excluding steroid dienone is 4. The number of carbonyl (C=O) groups excluding carboxylic acids is 3. The maximum atomic E-state index is 13.7. The van der Waals surface area contributed by atoms with Crippen molar-refractivity contribution in [3.8, 4) is 0 Å². The smallest absolute Gasteiger partial charge is 0.308 e. The van der Waals surface area contributed by atoms with E-state index in [2.05, 4.69) is 5.32 Å². The van der Waals surface area contributed by atoms with E-state index in [1.165, 1.54) is 4.90 Å². The Bertz CT molecular complexity index is 1150. The quantitative estimate of drug-likeness (QED) is 0.502. The first-order valence-electron chi connectivity index (χ1n) is 12.5. The summed E-state index contributed by atoms with van der Waals surface area (Å²) in [5, 5.41) is 13.2. The maximum absolute atomic E-state index is 13.7. The third-order valence-electron chi connectivity index (χ3n) is 8.19. The summed E-state index contributed by atoms with van der Waals surface area (Å²) >= 11 is 0. The van der Waals surface area contributed by atoms with E-state index < -0.39 is 41.5 Å². The molecule has 7 nitrogen and oxygen atoms in total. The van der Waals surface area contributed by atoms with Gasteiger partial charge in [0.1, 0.15) is 0 Å². The van der Waals surface area contributed by atoms with Crippen LogP contribution in [0.1, 0.15) is 39.7 Å². The van der Waals surface area contributed by atoms with E-state index in [-0.39, 0.29) is 35.7 Å². The van der Waals surface area contributed by atoms with E-state index in [1.807, 2.05) is 70.2 Å². The highest BCUT2D eigenvalue weighted by atomic mass is 16.4. The molecule has 1 saturated heterocycles. The second-order valence-electron chi connectivity index (χ2n) is 10.8. The van der Waals surface area contributed by atoms with Crippen molar-refractivity contribution in [1.29, 1.82) is 0 Å². The Hall–Kier alpha value is -3.22. The summed E-state index contributed by atoms with van der Waals surface area (Å²) in [5.74, 6) is -5.80. The fourth-order valence-corrected chi connectivity index (χ4v) is 7.04. The predicted octanol–water partition coefficient (Wildman–Crippen LogP) is 3.13. The van der Waals surface area contributed by atoms with Crippen LogP contribution in [0.5, 0.6) is 0 Å². The molecule has 1 aromatic carbocycles. The molecule has 5 aliphatic rings. The first-order valence-corrected chi connectivity index (χ1v) is 12.5. The molecule has 0 aromatic heterocycles. The minimum absolute atomic E-state index is 0.138. The average molecular weight is 477 g/mol. The molecule has 7 atom stereocenters. The number of fused-ring (bicyclic) bond motifs is 2. The van der Waals surface area contributed by atoms with Crippen molar-refractivity contribution in [2.24, 2.45) is 41.4 Å². The molecule has 184 valence electrons. The van der Waals surface area contributed by atoms with E-state index in [0.29, 0.717) is 6.42 Å². The van der Waals surface area contributed by atoms with E-state index in [0.717, 1.165) is 16.7 Å². The molecule has 1 aliphatic heterocycles. The third kappa shape index (κ3) is 3.46. The number of rotatable bonds is 5.